The predicted octanol–water partition coefficient (Wildman–Crippen LogP) is 8.00. The Bertz CT molecular complexity index is 1520. The number of methoxy groups -OCH3 is 1. The summed E-state index contributed by atoms with van der Waals surface area (Å²) in [6.45, 7) is 3.74. The maximum Gasteiger partial charge on any atom is 0.337 e. The number of hydrogen-bond acceptors (Lipinski definition) is 5. The van der Waals surface area contributed by atoms with Crippen LogP contribution in [0.1, 0.15) is 59.6 Å². The van der Waals surface area contributed by atoms with E-state index < -0.39 is 11.8 Å². The highest BCUT2D eigenvalue weighted by Gasteiger charge is 2.24. The van der Waals surface area contributed by atoms with Crippen LogP contribution in [0.25, 0.3) is 28.2 Å². The average molecular weight is 579 g/mol. The molecule has 196 valence electrons. The summed E-state index contributed by atoms with van der Waals surface area (Å²) < 4.78 is 29.3. The second-order valence-corrected chi connectivity index (χ2v) is 10.3. The lowest BCUT2D eigenvalue weighted by Gasteiger charge is -2.25. The number of aliphatic hydroxyl groups is 1. The lowest BCUT2D eigenvalue weighted by Crippen LogP contribution is -2.14. The Kier molecular flexibility index (Phi) is 7.51. The molecule has 0 atom stereocenters. The second kappa shape index (κ2) is 11.0. The van der Waals surface area contributed by atoms with Crippen LogP contribution >= 0.6 is 15.9 Å². The number of benzene rings is 3. The summed E-state index contributed by atoms with van der Waals surface area (Å²) in [6.07, 6.45) is 5.40. The fourth-order valence-corrected chi connectivity index (χ4v) is 5.40. The Hall–Kier alpha value is -3.65. The quantitative estimate of drug-likeness (QED) is 0.177. The topological polar surface area (TPSA) is 73.6 Å². The van der Waals surface area contributed by atoms with E-state index in [0.29, 0.717) is 33.8 Å². The van der Waals surface area contributed by atoms with Crippen molar-refractivity contribution in [1.29, 1.82) is 0 Å². The van der Waals surface area contributed by atoms with Gasteiger partial charge in [0.15, 0.2) is 0 Å². The van der Waals surface area contributed by atoms with Gasteiger partial charge in [-0.05, 0) is 55.3 Å². The molecule has 5 rings (SSSR count). The minimum absolute atomic E-state index is 0.0336. The predicted molar refractivity (Wildman–Crippen MR) is 149 cm³/mol. The van der Waals surface area contributed by atoms with Crippen LogP contribution < -0.4 is 4.74 Å². The molecule has 0 saturated heterocycles. The van der Waals surface area contributed by atoms with Gasteiger partial charge in [0.25, 0.3) is 0 Å². The average Bonchev–Trinajstić information content (AvgIpc) is 3.31. The molecule has 1 aliphatic carbocycles. The van der Waals surface area contributed by atoms with Crippen molar-refractivity contribution < 1.29 is 23.8 Å². The zero-order valence-corrected chi connectivity index (χ0v) is 22.6. The van der Waals surface area contributed by atoms with Gasteiger partial charge >= 0.3 is 5.97 Å². The molecule has 1 saturated carbocycles. The first-order valence-corrected chi connectivity index (χ1v) is 13.3. The highest BCUT2D eigenvalue weighted by molar-refractivity contribution is 9.10. The highest BCUT2D eigenvalue weighted by atomic mass is 79.9. The summed E-state index contributed by atoms with van der Waals surface area (Å²) in [5.41, 5.74) is 3.66. The SMILES string of the molecule is C=C(O)c1ccc(Br)c(COc2ccc(-c3nc4cc(C(=O)OC)ccc4n3C3CCCCC3)c(F)c2)c1. The third kappa shape index (κ3) is 5.18. The summed E-state index contributed by atoms with van der Waals surface area (Å²) in [4.78, 5) is 16.9. The van der Waals surface area contributed by atoms with Crippen LogP contribution in [-0.4, -0.2) is 27.7 Å². The van der Waals surface area contributed by atoms with Gasteiger partial charge in [0.2, 0.25) is 0 Å². The minimum atomic E-state index is -0.445. The number of carbonyl (C=O) groups is 1. The third-order valence-electron chi connectivity index (χ3n) is 7.01. The van der Waals surface area contributed by atoms with Crippen LogP contribution in [0.4, 0.5) is 4.39 Å². The maximum atomic E-state index is 15.6. The number of hydrogen-bond donors (Lipinski definition) is 1. The molecular weight excluding hydrogens is 551 g/mol. The van der Waals surface area contributed by atoms with Gasteiger partial charge in [0.1, 0.15) is 29.8 Å². The molecule has 0 bridgehead atoms. The van der Waals surface area contributed by atoms with E-state index in [2.05, 4.69) is 27.1 Å². The summed E-state index contributed by atoms with van der Waals surface area (Å²) in [5, 5.41) is 9.69. The van der Waals surface area contributed by atoms with Gasteiger partial charge in [-0.3, -0.25) is 0 Å². The maximum absolute atomic E-state index is 15.6. The molecule has 1 heterocycles. The van der Waals surface area contributed by atoms with Gasteiger partial charge in [0, 0.05) is 27.7 Å². The molecule has 0 unspecified atom stereocenters. The van der Waals surface area contributed by atoms with Gasteiger partial charge in [-0.25, -0.2) is 14.2 Å². The Balaban J connectivity index is 1.49. The second-order valence-electron chi connectivity index (χ2n) is 9.48. The zero-order chi connectivity index (χ0) is 26.8. The number of carbonyl (C=O) groups excluding carboxylic acids is 1. The van der Waals surface area contributed by atoms with E-state index in [9.17, 15) is 9.90 Å². The van der Waals surface area contributed by atoms with E-state index >= 15 is 4.39 Å². The number of fused-ring (bicyclic) bond motifs is 1. The van der Waals surface area contributed by atoms with Crippen molar-refractivity contribution in [2.24, 2.45) is 0 Å². The summed E-state index contributed by atoms with van der Waals surface area (Å²) in [7, 11) is 1.34. The normalized spacial score (nSPS) is 14.0. The number of halogens is 2. The van der Waals surface area contributed by atoms with Gasteiger partial charge in [-0.15, -0.1) is 0 Å². The molecule has 0 radical (unpaired) electrons. The van der Waals surface area contributed by atoms with Crippen molar-refractivity contribution in [3.63, 3.8) is 0 Å². The number of aromatic nitrogens is 2. The van der Waals surface area contributed by atoms with E-state index in [1.165, 1.54) is 19.6 Å². The molecule has 3 aromatic carbocycles. The Labute approximate surface area is 228 Å². The zero-order valence-electron chi connectivity index (χ0n) is 21.0. The van der Waals surface area contributed by atoms with E-state index in [1.807, 2.05) is 6.07 Å². The largest absolute Gasteiger partial charge is 0.508 e. The van der Waals surface area contributed by atoms with Crippen molar-refractivity contribution in [1.82, 2.24) is 9.55 Å². The van der Waals surface area contributed by atoms with Crippen LogP contribution in [0.2, 0.25) is 0 Å². The molecule has 38 heavy (non-hydrogen) atoms. The first-order chi connectivity index (χ1) is 18.4. The van der Waals surface area contributed by atoms with Gasteiger partial charge in [0.05, 0.1) is 29.3 Å². The van der Waals surface area contributed by atoms with Crippen LogP contribution in [0.5, 0.6) is 5.75 Å². The van der Waals surface area contributed by atoms with Gasteiger partial charge in [-0.1, -0.05) is 47.8 Å². The molecule has 8 heteroatoms. The number of nitrogens with zero attached hydrogens (tertiary/aromatic N) is 2. The summed E-state index contributed by atoms with van der Waals surface area (Å²) >= 11 is 3.49. The van der Waals surface area contributed by atoms with Crippen LogP contribution in [0, 0.1) is 5.82 Å². The summed E-state index contributed by atoms with van der Waals surface area (Å²) in [5.74, 6) is -0.00306. The number of esters is 1. The Morgan fingerprint density at radius 3 is 2.58 bits per heavy atom. The third-order valence-corrected chi connectivity index (χ3v) is 7.78. The van der Waals surface area contributed by atoms with Crippen LogP contribution in [0.3, 0.4) is 0 Å². The fraction of sp³-hybridized carbons (Fsp3) is 0.267. The number of imidazole rings is 1. The molecule has 4 aromatic rings. The smallest absolute Gasteiger partial charge is 0.337 e. The van der Waals surface area contributed by atoms with Crippen LogP contribution in [0.15, 0.2) is 65.6 Å². The Morgan fingerprint density at radius 2 is 1.87 bits per heavy atom. The molecule has 1 aliphatic rings. The number of aliphatic hydroxyl groups excluding tert-OH is 1. The van der Waals surface area contributed by atoms with Crippen molar-refractivity contribution in [2.75, 3.05) is 7.11 Å². The van der Waals surface area contributed by atoms with Crippen molar-refractivity contribution in [2.45, 2.75) is 44.8 Å². The fourth-order valence-electron chi connectivity index (χ4n) is 5.04. The molecule has 1 aromatic heterocycles. The van der Waals surface area contributed by atoms with Crippen molar-refractivity contribution in [3.8, 4) is 17.1 Å². The summed E-state index contributed by atoms with van der Waals surface area (Å²) in [6, 6.07) is 15.6. The molecule has 1 N–H and O–H groups in total. The molecule has 0 amide bonds. The number of ether oxygens (including phenoxy) is 2. The molecule has 0 aliphatic heterocycles. The molecule has 1 fully saturated rings. The van der Waals surface area contributed by atoms with Gasteiger partial charge < -0.3 is 19.1 Å². The van der Waals surface area contributed by atoms with Crippen LogP contribution in [-0.2, 0) is 11.3 Å². The Morgan fingerprint density at radius 1 is 1.11 bits per heavy atom. The first kappa shape index (κ1) is 26.0. The lowest BCUT2D eigenvalue weighted by molar-refractivity contribution is 0.0601. The molecule has 0 spiro atoms. The van der Waals surface area contributed by atoms with Gasteiger partial charge in [-0.2, -0.15) is 0 Å². The standard InChI is InChI=1S/C30H28BrFN2O4/c1-18(35)19-8-12-25(31)21(14-19)17-38-23-10-11-24(26(32)16-23)29-33-27-15-20(30(36)37-2)9-13-28(27)34(29)22-6-4-3-5-7-22/h8-16,22,35H,1,3-7,17H2,2H3. The highest BCUT2D eigenvalue weighted by Crippen LogP contribution is 2.37. The lowest BCUT2D eigenvalue weighted by atomic mass is 9.94. The number of rotatable bonds is 7. The molecule has 6 nitrogen and oxygen atoms in total. The minimum Gasteiger partial charge on any atom is -0.508 e. The molecular formula is C30H28BrFN2O4. The van der Waals surface area contributed by atoms with E-state index in [4.69, 9.17) is 14.5 Å². The first-order valence-electron chi connectivity index (χ1n) is 12.6. The van der Waals surface area contributed by atoms with E-state index in [1.54, 1.807) is 42.5 Å². The van der Waals surface area contributed by atoms with Crippen molar-refractivity contribution >= 4 is 38.7 Å². The van der Waals surface area contributed by atoms with E-state index in [-0.39, 0.29) is 18.4 Å². The monoisotopic (exact) mass is 578 g/mol. The van der Waals surface area contributed by atoms with Crippen molar-refractivity contribution in [3.05, 3.63) is 88.2 Å². The van der Waals surface area contributed by atoms with E-state index in [0.717, 1.165) is 41.2 Å².